The minimum Gasteiger partial charge on any atom is -0.290 e. The Morgan fingerprint density at radius 1 is 0.955 bits per heavy atom. The van der Waals surface area contributed by atoms with Crippen molar-refractivity contribution >= 4 is 19.5 Å². The van der Waals surface area contributed by atoms with Gasteiger partial charge in [-0.2, -0.15) is 0 Å². The summed E-state index contributed by atoms with van der Waals surface area (Å²) in [7, 11) is 0.0754. The molecule has 0 radical (unpaired) electrons. The van der Waals surface area contributed by atoms with Crippen LogP contribution in [0.5, 0.6) is 0 Å². The lowest BCUT2D eigenvalue weighted by atomic mass is 9.77. The van der Waals surface area contributed by atoms with Crippen molar-refractivity contribution in [2.75, 3.05) is 18.5 Å². The third-order valence-corrected chi connectivity index (χ3v) is 7.14. The second-order valence-corrected chi connectivity index (χ2v) is 9.52. The van der Waals surface area contributed by atoms with Crippen molar-refractivity contribution in [3.8, 4) is 0 Å². The summed E-state index contributed by atoms with van der Waals surface area (Å²) in [6.45, 7) is 8.72. The molecular formula is C19H31O2P. The average Bonchev–Trinajstić information content (AvgIpc) is 2.49. The summed E-state index contributed by atoms with van der Waals surface area (Å²) in [5.74, 6) is -0.0436. The number of carbonyl (C=O) groups excluding carboxylic acids is 2. The minimum atomic E-state index is -0.198. The Bertz CT molecular complexity index is 438. The summed E-state index contributed by atoms with van der Waals surface area (Å²) in [6.07, 6.45) is 14.4. The Kier molecular flexibility index (Phi) is 8.25. The van der Waals surface area contributed by atoms with Crippen LogP contribution in [0.1, 0.15) is 59.8 Å². The quantitative estimate of drug-likeness (QED) is 0.413. The fourth-order valence-corrected chi connectivity index (χ4v) is 5.78. The molecule has 0 unspecified atom stereocenters. The lowest BCUT2D eigenvalue weighted by molar-refractivity contribution is -0.115. The van der Waals surface area contributed by atoms with E-state index in [0.717, 1.165) is 6.42 Å². The summed E-state index contributed by atoms with van der Waals surface area (Å²) in [5, 5.41) is 0. The normalized spacial score (nSPS) is 15.6. The molecule has 0 atom stereocenters. The number of allylic oxidation sites excluding steroid dienone is 4. The highest BCUT2D eigenvalue weighted by Gasteiger charge is 2.30. The van der Waals surface area contributed by atoms with Gasteiger partial charge in [-0.15, -0.1) is 7.92 Å². The summed E-state index contributed by atoms with van der Waals surface area (Å²) in [6, 6.07) is 0. The highest BCUT2D eigenvalue weighted by molar-refractivity contribution is 7.57. The molecule has 3 heteroatoms. The van der Waals surface area contributed by atoms with E-state index < -0.39 is 0 Å². The molecule has 0 N–H and O–H groups in total. The smallest absolute Gasteiger partial charge is 0.182 e. The molecule has 0 aromatic heterocycles. The minimum absolute atomic E-state index is 0.0102. The van der Waals surface area contributed by atoms with Crippen molar-refractivity contribution in [3.63, 3.8) is 0 Å². The van der Waals surface area contributed by atoms with Gasteiger partial charge in [0.25, 0.3) is 0 Å². The van der Waals surface area contributed by atoms with Gasteiger partial charge >= 0.3 is 0 Å². The van der Waals surface area contributed by atoms with Gasteiger partial charge in [-0.1, -0.05) is 40.5 Å². The average molecular weight is 322 g/mol. The molecule has 0 bridgehead atoms. The SMILES string of the molecule is CCCCP(CCCC)CCC(C)(C)C1=CC(=O)C=CC1=O. The fourth-order valence-electron chi connectivity index (χ4n) is 2.71. The third-order valence-electron chi connectivity index (χ3n) is 4.39. The first-order valence-corrected chi connectivity index (χ1v) is 10.5. The first-order valence-electron chi connectivity index (χ1n) is 8.61. The molecule has 1 aliphatic carbocycles. The van der Waals surface area contributed by atoms with Crippen LogP contribution in [0.4, 0.5) is 0 Å². The Balaban J connectivity index is 2.65. The molecule has 0 amide bonds. The highest BCUT2D eigenvalue weighted by atomic mass is 31.1. The number of unbranched alkanes of at least 4 members (excludes halogenated alkanes) is 2. The van der Waals surface area contributed by atoms with E-state index in [1.165, 1.54) is 56.3 Å². The molecule has 2 nitrogen and oxygen atoms in total. The van der Waals surface area contributed by atoms with E-state index in [0.29, 0.717) is 5.57 Å². The molecule has 22 heavy (non-hydrogen) atoms. The van der Waals surface area contributed by atoms with Crippen LogP contribution >= 0.6 is 7.92 Å². The maximum Gasteiger partial charge on any atom is 0.182 e. The van der Waals surface area contributed by atoms with E-state index in [-0.39, 0.29) is 24.9 Å². The molecule has 1 rings (SSSR count). The highest BCUT2D eigenvalue weighted by Crippen LogP contribution is 2.43. The Morgan fingerprint density at radius 2 is 1.55 bits per heavy atom. The zero-order valence-electron chi connectivity index (χ0n) is 14.7. The van der Waals surface area contributed by atoms with Crippen molar-refractivity contribution in [3.05, 3.63) is 23.8 Å². The van der Waals surface area contributed by atoms with Crippen molar-refractivity contribution in [2.24, 2.45) is 5.41 Å². The van der Waals surface area contributed by atoms with Crippen LogP contribution in [0, 0.1) is 5.41 Å². The molecular weight excluding hydrogens is 291 g/mol. The van der Waals surface area contributed by atoms with E-state index in [1.807, 2.05) is 0 Å². The van der Waals surface area contributed by atoms with Crippen molar-refractivity contribution in [2.45, 2.75) is 59.8 Å². The van der Waals surface area contributed by atoms with Gasteiger partial charge in [0.2, 0.25) is 0 Å². The van der Waals surface area contributed by atoms with E-state index >= 15 is 0 Å². The zero-order chi connectivity index (χ0) is 16.6. The van der Waals surface area contributed by atoms with Gasteiger partial charge in [0.15, 0.2) is 11.6 Å². The van der Waals surface area contributed by atoms with Gasteiger partial charge in [-0.3, -0.25) is 9.59 Å². The number of rotatable bonds is 10. The predicted octanol–water partition coefficient (Wildman–Crippen LogP) is 5.12. The van der Waals surface area contributed by atoms with Crippen LogP contribution < -0.4 is 0 Å². The molecule has 1 aliphatic rings. The van der Waals surface area contributed by atoms with Crippen LogP contribution in [0.3, 0.4) is 0 Å². The van der Waals surface area contributed by atoms with Crippen LogP contribution in [0.2, 0.25) is 0 Å². The monoisotopic (exact) mass is 322 g/mol. The van der Waals surface area contributed by atoms with Crippen molar-refractivity contribution in [1.82, 2.24) is 0 Å². The molecule has 0 saturated heterocycles. The predicted molar refractivity (Wildman–Crippen MR) is 97.0 cm³/mol. The van der Waals surface area contributed by atoms with Gasteiger partial charge in [0.1, 0.15) is 0 Å². The fraction of sp³-hybridized carbons (Fsp3) is 0.684. The van der Waals surface area contributed by atoms with Crippen LogP contribution in [0.15, 0.2) is 23.8 Å². The molecule has 0 aromatic carbocycles. The van der Waals surface area contributed by atoms with E-state index in [4.69, 9.17) is 0 Å². The molecule has 0 aromatic rings. The molecule has 0 aliphatic heterocycles. The van der Waals surface area contributed by atoms with Gasteiger partial charge in [-0.05, 0) is 61.4 Å². The van der Waals surface area contributed by atoms with Crippen LogP contribution in [0.25, 0.3) is 0 Å². The van der Waals surface area contributed by atoms with E-state index in [2.05, 4.69) is 27.7 Å². The maximum absolute atomic E-state index is 12.1. The molecule has 124 valence electrons. The first-order chi connectivity index (χ1) is 10.4. The van der Waals surface area contributed by atoms with Gasteiger partial charge in [0, 0.05) is 5.57 Å². The number of carbonyl (C=O) groups is 2. The maximum atomic E-state index is 12.1. The number of hydrogen-bond donors (Lipinski definition) is 0. The van der Waals surface area contributed by atoms with Gasteiger partial charge < -0.3 is 0 Å². The Labute approximate surface area is 137 Å². The van der Waals surface area contributed by atoms with E-state index in [1.54, 1.807) is 6.08 Å². The topological polar surface area (TPSA) is 34.1 Å². The first kappa shape index (κ1) is 19.3. The molecule has 0 spiro atoms. The van der Waals surface area contributed by atoms with Gasteiger partial charge in [-0.25, -0.2) is 0 Å². The summed E-state index contributed by atoms with van der Waals surface area (Å²) >= 11 is 0. The largest absolute Gasteiger partial charge is 0.290 e. The van der Waals surface area contributed by atoms with Crippen LogP contribution in [-0.2, 0) is 9.59 Å². The van der Waals surface area contributed by atoms with Crippen LogP contribution in [-0.4, -0.2) is 30.1 Å². The summed E-state index contributed by atoms with van der Waals surface area (Å²) in [4.78, 5) is 23.6. The van der Waals surface area contributed by atoms with E-state index in [9.17, 15) is 9.59 Å². The lowest BCUT2D eigenvalue weighted by Crippen LogP contribution is -2.24. The summed E-state index contributed by atoms with van der Waals surface area (Å²) in [5.41, 5.74) is 0.497. The third kappa shape index (κ3) is 6.16. The van der Waals surface area contributed by atoms with Crippen molar-refractivity contribution < 1.29 is 9.59 Å². The van der Waals surface area contributed by atoms with Crippen molar-refractivity contribution in [1.29, 1.82) is 0 Å². The Hall–Kier alpha value is -0.750. The van der Waals surface area contributed by atoms with Gasteiger partial charge in [0.05, 0.1) is 0 Å². The number of hydrogen-bond acceptors (Lipinski definition) is 2. The zero-order valence-corrected chi connectivity index (χ0v) is 15.5. The Morgan fingerprint density at radius 3 is 2.09 bits per heavy atom. The second-order valence-electron chi connectivity index (χ2n) is 6.84. The number of ketones is 2. The lowest BCUT2D eigenvalue weighted by Gasteiger charge is -2.30. The molecule has 0 fully saturated rings. The standard InChI is InChI=1S/C19H31O2P/c1-5-7-12-22(13-8-6-2)14-11-19(3,4)17-15-16(20)9-10-18(17)21/h9-10,15H,5-8,11-14H2,1-4H3. The molecule has 0 saturated carbocycles. The molecule has 0 heterocycles. The second kappa shape index (κ2) is 9.40. The summed E-state index contributed by atoms with van der Waals surface area (Å²) < 4.78 is 0.